The van der Waals surface area contributed by atoms with E-state index in [1.807, 2.05) is 18.2 Å². The van der Waals surface area contributed by atoms with Gasteiger partial charge in [-0.2, -0.15) is 0 Å². The first kappa shape index (κ1) is 17.4. The van der Waals surface area contributed by atoms with E-state index in [2.05, 4.69) is 23.3 Å². The Bertz CT molecular complexity index is 520. The van der Waals surface area contributed by atoms with Gasteiger partial charge in [0.05, 0.1) is 12.6 Å². The molecule has 1 aliphatic carbocycles. The zero-order valence-electron chi connectivity index (χ0n) is 13.1. The molecule has 1 saturated carbocycles. The van der Waals surface area contributed by atoms with Crippen molar-refractivity contribution in [2.75, 3.05) is 13.2 Å². The fourth-order valence-electron chi connectivity index (χ4n) is 3.43. The van der Waals surface area contributed by atoms with Crippen LogP contribution in [0.2, 0.25) is 0 Å². The molecule has 1 aromatic rings. The van der Waals surface area contributed by atoms with E-state index in [9.17, 15) is 0 Å². The molecule has 1 aliphatic heterocycles. The Morgan fingerprint density at radius 1 is 1.32 bits per heavy atom. The maximum Gasteiger partial charge on any atom is 0.189 e. The molecular formula is C17H26IN3O. The summed E-state index contributed by atoms with van der Waals surface area (Å²) in [6.45, 7) is 3.90. The molecule has 3 unspecified atom stereocenters. The van der Waals surface area contributed by atoms with Gasteiger partial charge in [-0.15, -0.1) is 24.0 Å². The summed E-state index contributed by atoms with van der Waals surface area (Å²) in [6, 6.07) is 8.35. The van der Waals surface area contributed by atoms with Gasteiger partial charge in [0.15, 0.2) is 5.96 Å². The fraction of sp³-hybridized carbons (Fsp3) is 0.588. The molecule has 0 bridgehead atoms. The van der Waals surface area contributed by atoms with E-state index in [0.29, 0.717) is 11.9 Å². The van der Waals surface area contributed by atoms with Crippen molar-refractivity contribution >= 4 is 29.9 Å². The number of fused-ring (bicyclic) bond motifs is 1. The first-order chi connectivity index (χ1) is 10.2. The summed E-state index contributed by atoms with van der Waals surface area (Å²) in [5.41, 5.74) is 7.26. The maximum atomic E-state index is 6.08. The van der Waals surface area contributed by atoms with Gasteiger partial charge in [0, 0.05) is 18.5 Å². The molecule has 3 rings (SSSR count). The maximum absolute atomic E-state index is 6.08. The predicted octanol–water partition coefficient (Wildman–Crippen LogP) is 3.47. The molecular weight excluding hydrogens is 389 g/mol. The molecule has 1 fully saturated rings. The molecule has 3 N–H and O–H groups in total. The van der Waals surface area contributed by atoms with Crippen molar-refractivity contribution < 1.29 is 4.74 Å². The minimum Gasteiger partial charge on any atom is -0.493 e. The van der Waals surface area contributed by atoms with Crippen LogP contribution in [0, 0.1) is 11.8 Å². The largest absolute Gasteiger partial charge is 0.493 e. The number of aliphatic imine (C=N–C) groups is 1. The first-order valence-electron chi connectivity index (χ1n) is 8.02. The second-order valence-electron chi connectivity index (χ2n) is 6.27. The molecule has 4 nitrogen and oxygen atoms in total. The Morgan fingerprint density at radius 2 is 2.14 bits per heavy atom. The molecule has 1 heterocycles. The lowest BCUT2D eigenvalue weighted by atomic mass is 9.98. The lowest BCUT2D eigenvalue weighted by Crippen LogP contribution is -2.37. The number of halogens is 1. The number of benzene rings is 1. The highest BCUT2D eigenvalue weighted by molar-refractivity contribution is 14.0. The molecule has 0 aromatic heterocycles. The summed E-state index contributed by atoms with van der Waals surface area (Å²) in [7, 11) is 0. The van der Waals surface area contributed by atoms with Crippen LogP contribution in [0.1, 0.15) is 44.2 Å². The highest BCUT2D eigenvalue weighted by Gasteiger charge is 2.24. The van der Waals surface area contributed by atoms with Gasteiger partial charge in [-0.25, -0.2) is 0 Å². The third-order valence-corrected chi connectivity index (χ3v) is 4.82. The number of para-hydroxylation sites is 1. The zero-order chi connectivity index (χ0) is 14.7. The topological polar surface area (TPSA) is 59.6 Å². The highest BCUT2D eigenvalue weighted by Crippen LogP contribution is 2.32. The van der Waals surface area contributed by atoms with E-state index >= 15 is 0 Å². The van der Waals surface area contributed by atoms with E-state index in [1.54, 1.807) is 0 Å². The number of hydrogen-bond acceptors (Lipinski definition) is 2. The SMILES string of the molecule is CC1CCCC1CN=C(N)NC1CCOc2ccccc21.I. The van der Waals surface area contributed by atoms with Crippen LogP contribution in [0.4, 0.5) is 0 Å². The van der Waals surface area contributed by atoms with Gasteiger partial charge in [0.25, 0.3) is 0 Å². The van der Waals surface area contributed by atoms with Crippen molar-refractivity contribution in [3.63, 3.8) is 0 Å². The number of rotatable bonds is 3. The van der Waals surface area contributed by atoms with E-state index < -0.39 is 0 Å². The fourth-order valence-corrected chi connectivity index (χ4v) is 3.43. The van der Waals surface area contributed by atoms with Gasteiger partial charge >= 0.3 is 0 Å². The second kappa shape index (κ2) is 8.04. The lowest BCUT2D eigenvalue weighted by Gasteiger charge is -2.27. The molecule has 0 spiro atoms. The number of nitrogens with one attached hydrogen (secondary N) is 1. The Balaban J connectivity index is 0.00000176. The average molecular weight is 415 g/mol. The summed E-state index contributed by atoms with van der Waals surface area (Å²) in [5, 5.41) is 3.36. The van der Waals surface area contributed by atoms with Crippen LogP contribution in [-0.2, 0) is 0 Å². The highest BCUT2D eigenvalue weighted by atomic mass is 127. The lowest BCUT2D eigenvalue weighted by molar-refractivity contribution is 0.262. The zero-order valence-corrected chi connectivity index (χ0v) is 15.5. The Kier molecular flexibility index (Phi) is 6.35. The van der Waals surface area contributed by atoms with Crippen LogP contribution in [0.5, 0.6) is 5.75 Å². The Hall–Kier alpha value is -0.980. The van der Waals surface area contributed by atoms with Gasteiger partial charge in [0.2, 0.25) is 0 Å². The number of hydrogen-bond donors (Lipinski definition) is 2. The Labute approximate surface area is 149 Å². The normalized spacial score (nSPS) is 27.5. The first-order valence-corrected chi connectivity index (χ1v) is 8.02. The van der Waals surface area contributed by atoms with Crippen LogP contribution < -0.4 is 15.8 Å². The van der Waals surface area contributed by atoms with E-state index in [4.69, 9.17) is 10.5 Å². The van der Waals surface area contributed by atoms with Gasteiger partial charge in [-0.3, -0.25) is 4.99 Å². The van der Waals surface area contributed by atoms with Crippen LogP contribution in [-0.4, -0.2) is 19.1 Å². The minimum atomic E-state index is 0. The molecule has 0 radical (unpaired) electrons. The van der Waals surface area contributed by atoms with Crippen molar-refractivity contribution in [3.05, 3.63) is 29.8 Å². The number of nitrogens with two attached hydrogens (primary N) is 1. The standard InChI is InChI=1S/C17H25N3O.HI/c1-12-5-4-6-13(12)11-19-17(18)20-15-9-10-21-16-8-3-2-7-14(15)16;/h2-3,7-8,12-13,15H,4-6,9-11H2,1H3,(H3,18,19,20);1H. The Morgan fingerprint density at radius 3 is 2.91 bits per heavy atom. The monoisotopic (exact) mass is 415 g/mol. The summed E-state index contributed by atoms with van der Waals surface area (Å²) in [4.78, 5) is 4.57. The van der Waals surface area contributed by atoms with Gasteiger partial charge in [0.1, 0.15) is 5.75 Å². The van der Waals surface area contributed by atoms with E-state index in [0.717, 1.165) is 31.2 Å². The van der Waals surface area contributed by atoms with Crippen LogP contribution in [0.3, 0.4) is 0 Å². The van der Waals surface area contributed by atoms with Crippen molar-refractivity contribution in [2.24, 2.45) is 22.6 Å². The number of ether oxygens (including phenoxy) is 1. The number of nitrogens with zero attached hydrogens (tertiary/aromatic N) is 1. The van der Waals surface area contributed by atoms with Crippen LogP contribution >= 0.6 is 24.0 Å². The third kappa shape index (κ3) is 4.06. The molecule has 0 saturated heterocycles. The smallest absolute Gasteiger partial charge is 0.189 e. The van der Waals surface area contributed by atoms with Crippen LogP contribution in [0.25, 0.3) is 0 Å². The second-order valence-corrected chi connectivity index (χ2v) is 6.27. The quantitative estimate of drug-likeness (QED) is 0.452. The van der Waals surface area contributed by atoms with Crippen molar-refractivity contribution in [1.29, 1.82) is 0 Å². The summed E-state index contributed by atoms with van der Waals surface area (Å²) in [6.07, 6.45) is 4.88. The molecule has 5 heteroatoms. The van der Waals surface area contributed by atoms with Crippen molar-refractivity contribution in [3.8, 4) is 5.75 Å². The molecule has 3 atom stereocenters. The van der Waals surface area contributed by atoms with E-state index in [1.165, 1.54) is 24.8 Å². The third-order valence-electron chi connectivity index (χ3n) is 4.82. The molecule has 22 heavy (non-hydrogen) atoms. The molecule has 122 valence electrons. The van der Waals surface area contributed by atoms with E-state index in [-0.39, 0.29) is 30.0 Å². The average Bonchev–Trinajstić information content (AvgIpc) is 2.91. The van der Waals surface area contributed by atoms with Gasteiger partial charge < -0.3 is 15.8 Å². The van der Waals surface area contributed by atoms with Crippen molar-refractivity contribution in [2.45, 2.75) is 38.6 Å². The summed E-state index contributed by atoms with van der Waals surface area (Å²) < 4.78 is 5.67. The summed E-state index contributed by atoms with van der Waals surface area (Å²) >= 11 is 0. The summed E-state index contributed by atoms with van der Waals surface area (Å²) in [5.74, 6) is 3.01. The van der Waals surface area contributed by atoms with Crippen molar-refractivity contribution in [1.82, 2.24) is 5.32 Å². The van der Waals surface area contributed by atoms with Gasteiger partial charge in [-0.05, 0) is 24.3 Å². The van der Waals surface area contributed by atoms with Crippen LogP contribution in [0.15, 0.2) is 29.3 Å². The van der Waals surface area contributed by atoms with Gasteiger partial charge in [-0.1, -0.05) is 38.0 Å². The number of guanidine groups is 1. The molecule has 2 aliphatic rings. The molecule has 1 aromatic carbocycles. The molecule has 0 amide bonds. The minimum absolute atomic E-state index is 0. The predicted molar refractivity (Wildman–Crippen MR) is 101 cm³/mol.